The maximum absolute atomic E-state index is 13.5. The van der Waals surface area contributed by atoms with Crippen LogP contribution in [0.3, 0.4) is 0 Å². The molecule has 1 aromatic carbocycles. The van der Waals surface area contributed by atoms with Gasteiger partial charge in [-0.2, -0.15) is 0 Å². The molecule has 0 aliphatic carbocycles. The number of aromatic amines is 1. The number of hydrogen-bond donors (Lipinski definition) is 1. The van der Waals surface area contributed by atoms with Crippen LogP contribution in [0.5, 0.6) is 0 Å². The first-order valence-corrected chi connectivity index (χ1v) is 14.0. The molecule has 11 nitrogen and oxygen atoms in total. The third-order valence-electron chi connectivity index (χ3n) is 6.89. The molecule has 0 unspecified atom stereocenters. The van der Waals surface area contributed by atoms with E-state index in [2.05, 4.69) is 15.0 Å². The Kier molecular flexibility index (Phi) is 6.25. The summed E-state index contributed by atoms with van der Waals surface area (Å²) in [6.45, 7) is 3.69. The molecule has 5 heterocycles. The van der Waals surface area contributed by atoms with Gasteiger partial charge >= 0.3 is 5.69 Å². The summed E-state index contributed by atoms with van der Waals surface area (Å²) in [6, 6.07) is 10.4. The second-order valence-electron chi connectivity index (χ2n) is 9.78. The SMILES string of the molecule is Cc1ccc(S(=O)(=O)n2ccc3c(N(C)C)c(-c4cnc5[nH]c(=O)n(C[C@H]6COCCO6)c5c4)cnc32)cc1. The largest absolute Gasteiger partial charge is 0.377 e. The summed E-state index contributed by atoms with van der Waals surface area (Å²) in [5.74, 6) is 0. The molecule has 5 aromatic rings. The topological polar surface area (TPSA) is 124 Å². The molecule has 0 saturated carbocycles. The van der Waals surface area contributed by atoms with Crippen molar-refractivity contribution < 1.29 is 17.9 Å². The zero-order valence-corrected chi connectivity index (χ0v) is 22.6. The fourth-order valence-electron chi connectivity index (χ4n) is 4.97. The second kappa shape index (κ2) is 9.63. The van der Waals surface area contributed by atoms with Crippen molar-refractivity contribution >= 4 is 37.9 Å². The van der Waals surface area contributed by atoms with Crippen molar-refractivity contribution in [3.05, 3.63) is 71.0 Å². The Hall–Kier alpha value is -4.00. The van der Waals surface area contributed by atoms with Gasteiger partial charge in [0, 0.05) is 49.2 Å². The van der Waals surface area contributed by atoms with Crippen molar-refractivity contribution in [3.63, 3.8) is 0 Å². The number of aryl methyl sites for hydroxylation is 1. The molecule has 0 radical (unpaired) electrons. The lowest BCUT2D eigenvalue weighted by atomic mass is 10.1. The molecule has 202 valence electrons. The van der Waals surface area contributed by atoms with Crippen molar-refractivity contribution in [2.75, 3.05) is 38.8 Å². The number of anilines is 1. The van der Waals surface area contributed by atoms with Crippen molar-refractivity contribution in [3.8, 4) is 11.1 Å². The van der Waals surface area contributed by atoms with E-state index in [1.807, 2.05) is 32.0 Å². The molecule has 1 fully saturated rings. The number of nitrogens with zero attached hydrogens (tertiary/aromatic N) is 5. The van der Waals surface area contributed by atoms with E-state index in [1.165, 1.54) is 10.2 Å². The third-order valence-corrected chi connectivity index (χ3v) is 8.57. The maximum Gasteiger partial charge on any atom is 0.327 e. The van der Waals surface area contributed by atoms with Gasteiger partial charge in [0.15, 0.2) is 11.3 Å². The number of ether oxygens (including phenoxy) is 2. The Morgan fingerprint density at radius 3 is 2.62 bits per heavy atom. The monoisotopic (exact) mass is 548 g/mol. The molecule has 4 aromatic heterocycles. The summed E-state index contributed by atoms with van der Waals surface area (Å²) >= 11 is 0. The number of imidazole rings is 1. The van der Waals surface area contributed by atoms with Gasteiger partial charge in [-0.05, 0) is 31.2 Å². The fourth-order valence-corrected chi connectivity index (χ4v) is 6.27. The normalized spacial score (nSPS) is 16.2. The number of hydrogen-bond acceptors (Lipinski definition) is 8. The van der Waals surface area contributed by atoms with E-state index < -0.39 is 10.0 Å². The first kappa shape index (κ1) is 25.3. The lowest BCUT2D eigenvalue weighted by Crippen LogP contribution is -2.34. The molecular formula is C27H28N6O5S. The van der Waals surface area contributed by atoms with Crippen LogP contribution in [0.2, 0.25) is 0 Å². The first-order chi connectivity index (χ1) is 18.7. The number of nitrogens with one attached hydrogen (secondary N) is 1. The van der Waals surface area contributed by atoms with E-state index in [9.17, 15) is 13.2 Å². The fraction of sp³-hybridized carbons (Fsp3) is 0.296. The van der Waals surface area contributed by atoms with E-state index in [4.69, 9.17) is 9.47 Å². The smallest absolute Gasteiger partial charge is 0.327 e. The number of fused-ring (bicyclic) bond motifs is 2. The van der Waals surface area contributed by atoms with Crippen LogP contribution in [-0.2, 0) is 26.0 Å². The van der Waals surface area contributed by atoms with E-state index in [-0.39, 0.29) is 16.7 Å². The number of pyridine rings is 2. The Labute approximate surface area is 224 Å². The van der Waals surface area contributed by atoms with Gasteiger partial charge in [-0.1, -0.05) is 17.7 Å². The van der Waals surface area contributed by atoms with Crippen LogP contribution in [0.15, 0.2) is 64.7 Å². The highest BCUT2D eigenvalue weighted by atomic mass is 32.2. The van der Waals surface area contributed by atoms with Crippen LogP contribution in [0, 0.1) is 6.92 Å². The van der Waals surface area contributed by atoms with Gasteiger partial charge in [0.1, 0.15) is 0 Å². The quantitative estimate of drug-likeness (QED) is 0.344. The summed E-state index contributed by atoms with van der Waals surface area (Å²) in [4.78, 5) is 26.7. The molecular weight excluding hydrogens is 520 g/mol. The molecule has 0 amide bonds. The molecule has 0 bridgehead atoms. The van der Waals surface area contributed by atoms with E-state index in [0.717, 1.165) is 22.4 Å². The van der Waals surface area contributed by atoms with Crippen LogP contribution >= 0.6 is 0 Å². The Morgan fingerprint density at radius 2 is 1.90 bits per heavy atom. The molecule has 1 saturated heterocycles. The van der Waals surface area contributed by atoms with Crippen molar-refractivity contribution in [2.24, 2.45) is 0 Å². The van der Waals surface area contributed by atoms with Gasteiger partial charge < -0.3 is 14.4 Å². The van der Waals surface area contributed by atoms with Crippen LogP contribution in [0.25, 0.3) is 33.3 Å². The van der Waals surface area contributed by atoms with Crippen LogP contribution in [0.4, 0.5) is 5.69 Å². The lowest BCUT2D eigenvalue weighted by molar-refractivity contribution is -0.0934. The van der Waals surface area contributed by atoms with Crippen molar-refractivity contribution in [2.45, 2.75) is 24.5 Å². The predicted octanol–water partition coefficient (Wildman–Crippen LogP) is 2.77. The molecule has 12 heteroatoms. The first-order valence-electron chi connectivity index (χ1n) is 12.5. The number of aromatic nitrogens is 5. The molecule has 1 N–H and O–H groups in total. The van der Waals surface area contributed by atoms with Gasteiger partial charge in [0.25, 0.3) is 10.0 Å². The highest BCUT2D eigenvalue weighted by Gasteiger charge is 2.24. The third kappa shape index (κ3) is 4.40. The Bertz CT molecular complexity index is 1850. The average Bonchev–Trinajstić information content (AvgIpc) is 3.50. The zero-order valence-electron chi connectivity index (χ0n) is 21.8. The highest BCUT2D eigenvalue weighted by molar-refractivity contribution is 7.90. The maximum atomic E-state index is 13.5. The lowest BCUT2D eigenvalue weighted by Gasteiger charge is -2.23. The summed E-state index contributed by atoms with van der Waals surface area (Å²) in [5.41, 5.74) is 4.41. The summed E-state index contributed by atoms with van der Waals surface area (Å²) in [5, 5.41) is 0.674. The van der Waals surface area contributed by atoms with E-state index in [1.54, 1.807) is 47.3 Å². The Balaban J connectivity index is 1.46. The molecule has 1 aliphatic rings. The molecule has 39 heavy (non-hydrogen) atoms. The predicted molar refractivity (Wildman–Crippen MR) is 148 cm³/mol. The Morgan fingerprint density at radius 1 is 1.10 bits per heavy atom. The molecule has 1 atom stereocenters. The zero-order chi connectivity index (χ0) is 27.3. The highest BCUT2D eigenvalue weighted by Crippen LogP contribution is 2.37. The summed E-state index contributed by atoms with van der Waals surface area (Å²) in [6.07, 6.45) is 4.62. The summed E-state index contributed by atoms with van der Waals surface area (Å²) < 4.78 is 41.0. The number of benzene rings is 1. The number of H-pyrrole nitrogens is 1. The van der Waals surface area contributed by atoms with E-state index in [0.29, 0.717) is 48.6 Å². The van der Waals surface area contributed by atoms with Gasteiger partial charge in [-0.15, -0.1) is 0 Å². The molecule has 1 aliphatic heterocycles. The van der Waals surface area contributed by atoms with Gasteiger partial charge in [-0.25, -0.2) is 27.2 Å². The molecule has 0 spiro atoms. The minimum atomic E-state index is -3.85. The second-order valence-corrected chi connectivity index (χ2v) is 11.6. The van der Waals surface area contributed by atoms with Gasteiger partial charge in [-0.3, -0.25) is 9.55 Å². The van der Waals surface area contributed by atoms with Gasteiger partial charge in [0.2, 0.25) is 0 Å². The van der Waals surface area contributed by atoms with Crippen LogP contribution < -0.4 is 10.6 Å². The minimum absolute atomic E-state index is 0.190. The van der Waals surface area contributed by atoms with Crippen molar-refractivity contribution in [1.29, 1.82) is 0 Å². The molecule has 6 rings (SSSR count). The average molecular weight is 549 g/mol. The van der Waals surface area contributed by atoms with Crippen molar-refractivity contribution in [1.82, 2.24) is 23.5 Å². The standard InChI is InChI=1S/C27H28N6O5S/c1-17-4-6-20(7-5-17)39(35,36)33-9-8-21-24(31(2)3)22(14-29-26(21)33)18-12-23-25(28-13-18)30-27(34)32(23)15-19-16-37-10-11-38-19/h4-9,12-14,19H,10-11,15-16H2,1-3H3,(H,28,30,34)/t19-/m0/s1. The van der Waals surface area contributed by atoms with Crippen LogP contribution in [-0.4, -0.2) is 71.9 Å². The summed E-state index contributed by atoms with van der Waals surface area (Å²) in [7, 11) is -0.0627. The van der Waals surface area contributed by atoms with Gasteiger partial charge in [0.05, 0.1) is 48.6 Å². The minimum Gasteiger partial charge on any atom is -0.377 e. The number of rotatable bonds is 6. The van der Waals surface area contributed by atoms with E-state index >= 15 is 0 Å². The van der Waals surface area contributed by atoms with Crippen LogP contribution in [0.1, 0.15) is 5.56 Å².